The molecular weight excluding hydrogens is 254 g/mol. The molecule has 3 N–H and O–H groups in total. The molecule has 1 aromatic rings. The fourth-order valence-corrected chi connectivity index (χ4v) is 2.39. The second-order valence-corrected chi connectivity index (χ2v) is 5.12. The van der Waals surface area contributed by atoms with E-state index in [1.807, 2.05) is 6.92 Å². The number of halogens is 1. The van der Waals surface area contributed by atoms with Crippen LogP contribution < -0.4 is 5.73 Å². The van der Waals surface area contributed by atoms with E-state index < -0.39 is 5.60 Å². The van der Waals surface area contributed by atoms with E-state index in [2.05, 4.69) is 4.98 Å². The quantitative estimate of drug-likeness (QED) is 0.811. The summed E-state index contributed by atoms with van der Waals surface area (Å²) >= 11 is 5.75. The molecule has 2 heterocycles. The Kier molecular flexibility index (Phi) is 3.45. The smallest absolute Gasteiger partial charge is 0.256 e. The van der Waals surface area contributed by atoms with Gasteiger partial charge in [0.2, 0.25) is 0 Å². The van der Waals surface area contributed by atoms with Crippen molar-refractivity contribution in [2.75, 3.05) is 18.8 Å². The highest BCUT2D eigenvalue weighted by Gasteiger charge is 2.43. The first-order valence-electron chi connectivity index (χ1n) is 5.88. The van der Waals surface area contributed by atoms with Gasteiger partial charge in [0.25, 0.3) is 5.91 Å². The Hall–Kier alpha value is -1.33. The predicted octanol–water partition coefficient (Wildman–Crippen LogP) is 1.30. The van der Waals surface area contributed by atoms with Gasteiger partial charge in [-0.15, -0.1) is 0 Å². The number of carbonyl (C=O) groups is 1. The molecule has 1 aliphatic rings. The Bertz CT molecular complexity index is 472. The van der Waals surface area contributed by atoms with Crippen molar-refractivity contribution in [2.24, 2.45) is 0 Å². The van der Waals surface area contributed by atoms with Crippen molar-refractivity contribution in [2.45, 2.75) is 25.4 Å². The van der Waals surface area contributed by atoms with E-state index in [1.165, 1.54) is 12.3 Å². The van der Waals surface area contributed by atoms with Crippen molar-refractivity contribution in [1.29, 1.82) is 0 Å². The molecule has 0 radical (unpaired) electrons. The lowest BCUT2D eigenvalue weighted by Crippen LogP contribution is -2.63. The number of carbonyl (C=O) groups excluding carboxylic acids is 1. The van der Waals surface area contributed by atoms with Crippen molar-refractivity contribution >= 4 is 23.2 Å². The van der Waals surface area contributed by atoms with Crippen LogP contribution in [0.3, 0.4) is 0 Å². The summed E-state index contributed by atoms with van der Waals surface area (Å²) in [5.74, 6) is -0.211. The molecular formula is C12H16ClN3O2. The number of aromatic nitrogens is 1. The molecule has 0 saturated carbocycles. The van der Waals surface area contributed by atoms with Gasteiger partial charge in [0, 0.05) is 0 Å². The summed E-state index contributed by atoms with van der Waals surface area (Å²) in [4.78, 5) is 17.5. The summed E-state index contributed by atoms with van der Waals surface area (Å²) in [6.07, 6.45) is 2.96. The number of anilines is 1. The summed E-state index contributed by atoms with van der Waals surface area (Å²) in [6, 6.07) is 1.45. The van der Waals surface area contributed by atoms with Gasteiger partial charge in [0.1, 0.15) is 5.15 Å². The third-order valence-electron chi connectivity index (χ3n) is 3.10. The fraction of sp³-hybridized carbons (Fsp3) is 0.500. The van der Waals surface area contributed by atoms with Gasteiger partial charge in [0.15, 0.2) is 0 Å². The zero-order valence-corrected chi connectivity index (χ0v) is 10.9. The summed E-state index contributed by atoms with van der Waals surface area (Å²) in [5, 5.41) is 10.3. The number of aliphatic hydroxyl groups is 1. The van der Waals surface area contributed by atoms with E-state index in [0.717, 1.165) is 6.42 Å². The van der Waals surface area contributed by atoms with E-state index in [4.69, 9.17) is 17.3 Å². The molecule has 1 aromatic heterocycles. The number of nitrogens with zero attached hydrogens (tertiary/aromatic N) is 2. The summed E-state index contributed by atoms with van der Waals surface area (Å²) in [5.41, 5.74) is 5.60. The molecule has 0 unspecified atom stereocenters. The van der Waals surface area contributed by atoms with Gasteiger partial charge in [0.05, 0.1) is 36.1 Å². The normalized spacial score (nSPS) is 17.4. The van der Waals surface area contributed by atoms with Crippen LogP contribution in [-0.2, 0) is 0 Å². The van der Waals surface area contributed by atoms with E-state index >= 15 is 0 Å². The second kappa shape index (κ2) is 4.74. The number of pyridine rings is 1. The minimum absolute atomic E-state index is 0.211. The van der Waals surface area contributed by atoms with Crippen molar-refractivity contribution in [3.05, 3.63) is 23.0 Å². The molecule has 6 heteroatoms. The van der Waals surface area contributed by atoms with Gasteiger partial charge in [-0.3, -0.25) is 4.79 Å². The predicted molar refractivity (Wildman–Crippen MR) is 69.4 cm³/mol. The standard InChI is InChI=1S/C12H16ClN3O2/c1-2-3-12(18)6-16(7-12)11(17)8-4-10(13)15-5-9(8)14/h4-5,18H,2-3,6-7,14H2,1H3. The first-order valence-corrected chi connectivity index (χ1v) is 6.26. The van der Waals surface area contributed by atoms with E-state index in [0.29, 0.717) is 30.8 Å². The number of β-amino-alcohol motifs (C(OH)–C–C–N with tert-alkyl or cyclic N) is 1. The lowest BCUT2D eigenvalue weighted by molar-refractivity contribution is -0.0859. The van der Waals surface area contributed by atoms with Gasteiger partial charge >= 0.3 is 0 Å². The fourth-order valence-electron chi connectivity index (χ4n) is 2.23. The van der Waals surface area contributed by atoms with Crippen molar-refractivity contribution in [1.82, 2.24) is 9.88 Å². The van der Waals surface area contributed by atoms with Gasteiger partial charge in [-0.25, -0.2) is 4.98 Å². The highest BCUT2D eigenvalue weighted by Crippen LogP contribution is 2.28. The first kappa shape index (κ1) is 13.1. The lowest BCUT2D eigenvalue weighted by atomic mass is 9.88. The maximum Gasteiger partial charge on any atom is 0.256 e. The average Bonchev–Trinajstić information content (AvgIpc) is 2.28. The zero-order valence-electron chi connectivity index (χ0n) is 10.2. The summed E-state index contributed by atoms with van der Waals surface area (Å²) in [7, 11) is 0. The van der Waals surface area contributed by atoms with Crippen molar-refractivity contribution < 1.29 is 9.90 Å². The van der Waals surface area contributed by atoms with Crippen molar-refractivity contribution in [3.8, 4) is 0 Å². The van der Waals surface area contributed by atoms with Crippen molar-refractivity contribution in [3.63, 3.8) is 0 Å². The molecule has 1 fully saturated rings. The minimum atomic E-state index is -0.740. The molecule has 0 atom stereocenters. The van der Waals surface area contributed by atoms with Crippen LogP contribution in [0.25, 0.3) is 0 Å². The molecule has 98 valence electrons. The van der Waals surface area contributed by atoms with Crippen LogP contribution in [0.1, 0.15) is 30.1 Å². The molecule has 1 saturated heterocycles. The van der Waals surface area contributed by atoms with Gasteiger partial charge in [-0.05, 0) is 12.5 Å². The number of nitrogens with two attached hydrogens (primary N) is 1. The molecule has 2 rings (SSSR count). The Morgan fingerprint density at radius 1 is 1.67 bits per heavy atom. The van der Waals surface area contributed by atoms with E-state index in [1.54, 1.807) is 4.90 Å². The molecule has 1 aliphatic heterocycles. The van der Waals surface area contributed by atoms with Crippen LogP contribution in [0.4, 0.5) is 5.69 Å². The number of nitrogen functional groups attached to an aromatic ring is 1. The number of hydrogen-bond donors (Lipinski definition) is 2. The Balaban J connectivity index is 2.08. The summed E-state index contributed by atoms with van der Waals surface area (Å²) in [6.45, 7) is 2.70. The van der Waals surface area contributed by atoms with Gasteiger partial charge in [-0.2, -0.15) is 0 Å². The first-order chi connectivity index (χ1) is 8.45. The van der Waals surface area contributed by atoms with Crippen LogP contribution >= 0.6 is 11.6 Å². The lowest BCUT2D eigenvalue weighted by Gasteiger charge is -2.46. The minimum Gasteiger partial charge on any atom is -0.397 e. The number of likely N-dealkylation sites (tertiary alicyclic amines) is 1. The molecule has 18 heavy (non-hydrogen) atoms. The zero-order chi connectivity index (χ0) is 13.3. The van der Waals surface area contributed by atoms with Gasteiger partial charge < -0.3 is 15.7 Å². The molecule has 0 spiro atoms. The highest BCUT2D eigenvalue weighted by molar-refractivity contribution is 6.29. The Morgan fingerprint density at radius 2 is 2.33 bits per heavy atom. The number of rotatable bonds is 3. The highest BCUT2D eigenvalue weighted by atomic mass is 35.5. The molecule has 0 aromatic carbocycles. The van der Waals surface area contributed by atoms with Crippen LogP contribution in [0.5, 0.6) is 0 Å². The average molecular weight is 270 g/mol. The van der Waals surface area contributed by atoms with Gasteiger partial charge in [-0.1, -0.05) is 24.9 Å². The molecule has 5 nitrogen and oxygen atoms in total. The Labute approximate surface area is 111 Å². The topological polar surface area (TPSA) is 79.5 Å². The monoisotopic (exact) mass is 269 g/mol. The third-order valence-corrected chi connectivity index (χ3v) is 3.31. The van der Waals surface area contributed by atoms with Crippen LogP contribution in [0.2, 0.25) is 5.15 Å². The SMILES string of the molecule is CCCC1(O)CN(C(=O)c2cc(Cl)ncc2N)C1. The molecule has 1 amide bonds. The number of hydrogen-bond acceptors (Lipinski definition) is 4. The Morgan fingerprint density at radius 3 is 2.94 bits per heavy atom. The summed E-state index contributed by atoms with van der Waals surface area (Å²) < 4.78 is 0. The molecule has 0 aliphatic carbocycles. The third kappa shape index (κ3) is 2.42. The van der Waals surface area contributed by atoms with Crippen LogP contribution in [-0.4, -0.2) is 39.6 Å². The molecule has 0 bridgehead atoms. The number of amides is 1. The maximum atomic E-state index is 12.1. The van der Waals surface area contributed by atoms with Crippen LogP contribution in [0, 0.1) is 0 Å². The largest absolute Gasteiger partial charge is 0.397 e. The van der Waals surface area contributed by atoms with Crippen LogP contribution in [0.15, 0.2) is 12.3 Å². The van der Waals surface area contributed by atoms with E-state index in [-0.39, 0.29) is 11.1 Å². The van der Waals surface area contributed by atoms with E-state index in [9.17, 15) is 9.90 Å². The second-order valence-electron chi connectivity index (χ2n) is 4.73. The maximum absolute atomic E-state index is 12.1.